The zero-order chi connectivity index (χ0) is 21.5. The van der Waals surface area contributed by atoms with Crippen LogP contribution in [0.15, 0.2) is 52.0 Å². The van der Waals surface area contributed by atoms with E-state index in [9.17, 15) is 21.6 Å². The fourth-order valence-electron chi connectivity index (χ4n) is 2.74. The predicted molar refractivity (Wildman–Crippen MR) is 96.5 cm³/mol. The maximum absolute atomic E-state index is 12.9. The van der Waals surface area contributed by atoms with Gasteiger partial charge in [-0.1, -0.05) is 11.2 Å². The van der Waals surface area contributed by atoms with Crippen LogP contribution in [0.3, 0.4) is 0 Å². The lowest BCUT2D eigenvalue weighted by Gasteiger charge is -2.10. The molecule has 0 aliphatic carbocycles. The quantitative estimate of drug-likeness (QED) is 0.509. The Morgan fingerprint density at radius 2 is 1.97 bits per heavy atom. The van der Waals surface area contributed by atoms with Crippen LogP contribution in [0.5, 0.6) is 0 Å². The summed E-state index contributed by atoms with van der Waals surface area (Å²) in [5, 5.41) is 11.7. The van der Waals surface area contributed by atoms with Gasteiger partial charge >= 0.3 is 6.18 Å². The van der Waals surface area contributed by atoms with Crippen LogP contribution >= 0.6 is 0 Å². The van der Waals surface area contributed by atoms with Crippen molar-refractivity contribution >= 4 is 15.7 Å². The lowest BCUT2D eigenvalue weighted by atomic mass is 10.2. The molecule has 0 saturated carbocycles. The molecule has 3 aromatic heterocycles. The number of hydrogen-bond acceptors (Lipinski definition) is 7. The van der Waals surface area contributed by atoms with Crippen LogP contribution in [0.25, 0.3) is 17.1 Å². The molecule has 4 aromatic rings. The molecule has 9 nitrogen and oxygen atoms in total. The minimum Gasteiger partial charge on any atom is -0.334 e. The van der Waals surface area contributed by atoms with E-state index >= 15 is 0 Å². The summed E-state index contributed by atoms with van der Waals surface area (Å²) < 4.78 is 72.4. The molecule has 0 aliphatic heterocycles. The summed E-state index contributed by atoms with van der Waals surface area (Å²) >= 11 is 0. The Bertz CT molecular complexity index is 1330. The van der Waals surface area contributed by atoms with Crippen molar-refractivity contribution in [3.05, 3.63) is 59.8 Å². The van der Waals surface area contributed by atoms with Crippen LogP contribution < -0.4 is 4.72 Å². The molecule has 0 saturated heterocycles. The Balaban J connectivity index is 1.61. The molecule has 0 atom stereocenters. The first-order valence-corrected chi connectivity index (χ1v) is 9.94. The van der Waals surface area contributed by atoms with E-state index in [1.54, 1.807) is 25.3 Å². The van der Waals surface area contributed by atoms with E-state index in [0.29, 0.717) is 23.1 Å². The molecule has 3 heterocycles. The third kappa shape index (κ3) is 3.76. The summed E-state index contributed by atoms with van der Waals surface area (Å²) in [5.41, 5.74) is -0.204. The number of fused-ring (bicyclic) bond motifs is 1. The molecule has 1 aromatic carbocycles. The van der Waals surface area contributed by atoms with Gasteiger partial charge in [-0.25, -0.2) is 13.1 Å². The summed E-state index contributed by atoms with van der Waals surface area (Å²) in [6.07, 6.45) is -3.05. The van der Waals surface area contributed by atoms with Crippen LogP contribution in [0.4, 0.5) is 13.2 Å². The number of aryl methyl sites for hydroxylation is 1. The molecule has 0 unspecified atom stereocenters. The molecule has 0 radical (unpaired) electrons. The Labute approximate surface area is 167 Å². The number of sulfonamides is 1. The molecule has 0 amide bonds. The monoisotopic (exact) mass is 438 g/mol. The van der Waals surface area contributed by atoms with E-state index in [0.717, 1.165) is 18.2 Å². The highest BCUT2D eigenvalue weighted by Gasteiger charge is 2.31. The second kappa shape index (κ2) is 7.18. The SMILES string of the molecule is Cc1noc(-c2cccn3c(CNS(=O)(=O)c4cccc(C(F)(F)F)c4)nnc23)n1. The fraction of sp³-hybridized carbons (Fsp3) is 0.176. The van der Waals surface area contributed by atoms with Gasteiger partial charge in [0.05, 0.1) is 22.6 Å². The summed E-state index contributed by atoms with van der Waals surface area (Å²) in [5.74, 6) is 0.876. The maximum atomic E-state index is 12.9. The largest absolute Gasteiger partial charge is 0.416 e. The number of pyridine rings is 1. The van der Waals surface area contributed by atoms with Crippen LogP contribution in [-0.2, 0) is 22.7 Å². The molecule has 4 rings (SSSR count). The number of rotatable bonds is 5. The maximum Gasteiger partial charge on any atom is 0.416 e. The van der Waals surface area contributed by atoms with Gasteiger partial charge in [0, 0.05) is 6.20 Å². The van der Waals surface area contributed by atoms with Gasteiger partial charge in [0.2, 0.25) is 10.0 Å². The molecule has 13 heteroatoms. The molecular weight excluding hydrogens is 425 g/mol. The van der Waals surface area contributed by atoms with Crippen LogP contribution in [0, 0.1) is 6.92 Å². The fourth-order valence-corrected chi connectivity index (χ4v) is 3.77. The molecular formula is C17H13F3N6O3S. The van der Waals surface area contributed by atoms with Crippen molar-refractivity contribution in [3.63, 3.8) is 0 Å². The van der Waals surface area contributed by atoms with Crippen molar-refractivity contribution in [2.24, 2.45) is 0 Å². The minimum absolute atomic E-state index is 0.221. The topological polar surface area (TPSA) is 115 Å². The van der Waals surface area contributed by atoms with Gasteiger partial charge in [-0.15, -0.1) is 10.2 Å². The lowest BCUT2D eigenvalue weighted by Crippen LogP contribution is -2.24. The van der Waals surface area contributed by atoms with Crippen molar-refractivity contribution in [3.8, 4) is 11.5 Å². The number of nitrogens with one attached hydrogen (secondary N) is 1. The summed E-state index contributed by atoms with van der Waals surface area (Å²) in [6.45, 7) is 1.36. The van der Waals surface area contributed by atoms with E-state index in [1.165, 1.54) is 4.40 Å². The standard InChI is InChI=1S/C17H13F3N6O3S/c1-10-22-16(29-25-10)13-6-3-7-26-14(23-24-15(13)26)9-21-30(27,28)12-5-2-4-11(8-12)17(18,19)20/h2-8,21H,9H2,1H3. The van der Waals surface area contributed by atoms with Crippen LogP contribution in [0.1, 0.15) is 17.2 Å². The van der Waals surface area contributed by atoms with E-state index in [1.807, 2.05) is 0 Å². The van der Waals surface area contributed by atoms with Crippen molar-refractivity contribution in [1.82, 2.24) is 29.5 Å². The number of alkyl halides is 3. The van der Waals surface area contributed by atoms with E-state index in [4.69, 9.17) is 4.52 Å². The highest BCUT2D eigenvalue weighted by atomic mass is 32.2. The van der Waals surface area contributed by atoms with Crippen molar-refractivity contribution in [1.29, 1.82) is 0 Å². The molecule has 156 valence electrons. The average molecular weight is 438 g/mol. The number of benzene rings is 1. The Hall–Kier alpha value is -3.32. The zero-order valence-electron chi connectivity index (χ0n) is 15.3. The van der Waals surface area contributed by atoms with Crippen molar-refractivity contribution in [2.45, 2.75) is 24.5 Å². The van der Waals surface area contributed by atoms with Crippen LogP contribution in [0.2, 0.25) is 0 Å². The molecule has 1 N–H and O–H groups in total. The summed E-state index contributed by atoms with van der Waals surface area (Å²) in [6, 6.07) is 6.83. The van der Waals surface area contributed by atoms with Crippen molar-refractivity contribution < 1.29 is 26.1 Å². The predicted octanol–water partition coefficient (Wildman–Crippen LogP) is 2.59. The van der Waals surface area contributed by atoms with E-state index in [2.05, 4.69) is 25.1 Å². The highest BCUT2D eigenvalue weighted by Crippen LogP contribution is 2.30. The lowest BCUT2D eigenvalue weighted by molar-refractivity contribution is -0.137. The number of nitrogens with zero attached hydrogens (tertiary/aromatic N) is 5. The van der Waals surface area contributed by atoms with Crippen molar-refractivity contribution in [2.75, 3.05) is 0 Å². The molecule has 30 heavy (non-hydrogen) atoms. The van der Waals surface area contributed by atoms with E-state index in [-0.39, 0.29) is 18.3 Å². The van der Waals surface area contributed by atoms with Crippen LogP contribution in [-0.4, -0.2) is 33.2 Å². The normalized spacial score (nSPS) is 12.5. The Morgan fingerprint density at radius 3 is 2.67 bits per heavy atom. The summed E-state index contributed by atoms with van der Waals surface area (Å²) in [7, 11) is -4.22. The minimum atomic E-state index is -4.65. The smallest absolute Gasteiger partial charge is 0.334 e. The number of aromatic nitrogens is 5. The van der Waals surface area contributed by atoms with Gasteiger partial charge in [-0.3, -0.25) is 4.40 Å². The van der Waals surface area contributed by atoms with Gasteiger partial charge < -0.3 is 4.52 Å². The first kappa shape index (κ1) is 20.0. The van der Waals surface area contributed by atoms with Gasteiger partial charge in [0.15, 0.2) is 17.3 Å². The highest BCUT2D eigenvalue weighted by molar-refractivity contribution is 7.89. The summed E-state index contributed by atoms with van der Waals surface area (Å²) in [4.78, 5) is 3.62. The average Bonchev–Trinajstić information content (AvgIpc) is 3.32. The number of halogens is 3. The Kier molecular flexibility index (Phi) is 4.78. The molecule has 0 fully saturated rings. The molecule has 0 aliphatic rings. The second-order valence-electron chi connectivity index (χ2n) is 6.23. The molecule has 0 spiro atoms. The second-order valence-corrected chi connectivity index (χ2v) is 8.00. The number of hydrogen-bond donors (Lipinski definition) is 1. The van der Waals surface area contributed by atoms with Gasteiger partial charge in [-0.05, 0) is 37.3 Å². The Morgan fingerprint density at radius 1 is 1.17 bits per heavy atom. The first-order valence-electron chi connectivity index (χ1n) is 8.45. The first-order chi connectivity index (χ1) is 14.1. The van der Waals surface area contributed by atoms with E-state index < -0.39 is 26.7 Å². The van der Waals surface area contributed by atoms with Gasteiger partial charge in [-0.2, -0.15) is 18.2 Å². The third-order valence-electron chi connectivity index (χ3n) is 4.16. The zero-order valence-corrected chi connectivity index (χ0v) is 16.1. The van der Waals surface area contributed by atoms with Gasteiger partial charge in [0.25, 0.3) is 5.89 Å². The third-order valence-corrected chi connectivity index (χ3v) is 5.55. The molecule has 0 bridgehead atoms. The van der Waals surface area contributed by atoms with Gasteiger partial charge in [0.1, 0.15) is 0 Å².